The van der Waals surface area contributed by atoms with Gasteiger partial charge in [0, 0.05) is 23.0 Å². The van der Waals surface area contributed by atoms with E-state index in [0.717, 1.165) is 25.2 Å². The topological polar surface area (TPSA) is 52.6 Å². The summed E-state index contributed by atoms with van der Waals surface area (Å²) in [5, 5.41) is 0. The van der Waals surface area contributed by atoms with Gasteiger partial charge < -0.3 is 9.47 Å². The van der Waals surface area contributed by atoms with Crippen molar-refractivity contribution in [2.75, 3.05) is 24.7 Å². The number of hydrogen-bond donors (Lipinski definition) is 0. The first-order chi connectivity index (χ1) is 9.69. The zero-order valence-corrected chi connectivity index (χ0v) is 12.5. The number of Topliss-reactive ketones (excluding diaryl/α,β-unsaturated/α-hetero) is 1. The highest BCUT2D eigenvalue weighted by Gasteiger charge is 2.20. The predicted molar refractivity (Wildman–Crippen MR) is 78.8 cm³/mol. The summed E-state index contributed by atoms with van der Waals surface area (Å²) in [5.74, 6) is 1.17. The minimum atomic E-state index is -1.15. The Labute approximate surface area is 121 Å². The number of hydrogen-bond acceptors (Lipinski definition) is 4. The molecule has 0 saturated carbocycles. The van der Waals surface area contributed by atoms with Crippen molar-refractivity contribution in [1.29, 1.82) is 0 Å². The molecule has 1 aliphatic heterocycles. The Morgan fingerprint density at radius 1 is 1.40 bits per heavy atom. The van der Waals surface area contributed by atoms with Gasteiger partial charge in [-0.1, -0.05) is 0 Å². The minimum absolute atomic E-state index is 0.0592. The molecular formula is C15H20O4S. The molecule has 1 heterocycles. The second-order valence-electron chi connectivity index (χ2n) is 4.77. The first kappa shape index (κ1) is 15.2. The zero-order valence-electron chi connectivity index (χ0n) is 11.7. The van der Waals surface area contributed by atoms with Crippen LogP contribution in [0.5, 0.6) is 5.75 Å². The third kappa shape index (κ3) is 4.42. The summed E-state index contributed by atoms with van der Waals surface area (Å²) in [6.07, 6.45) is 2.03. The normalized spacial score (nSPS) is 19.8. The summed E-state index contributed by atoms with van der Waals surface area (Å²) in [5.41, 5.74) is 0.578. The third-order valence-corrected chi connectivity index (χ3v) is 4.50. The Balaban J connectivity index is 1.85. The lowest BCUT2D eigenvalue weighted by molar-refractivity contribution is 0.102. The Morgan fingerprint density at radius 2 is 2.15 bits per heavy atom. The molecule has 0 aliphatic carbocycles. The van der Waals surface area contributed by atoms with Gasteiger partial charge in [0.1, 0.15) is 5.75 Å². The molecule has 2 rings (SSSR count). The summed E-state index contributed by atoms with van der Waals surface area (Å²) < 4.78 is 22.7. The summed E-state index contributed by atoms with van der Waals surface area (Å²) >= 11 is 0. The minimum Gasteiger partial charge on any atom is -0.494 e. The lowest BCUT2D eigenvalue weighted by Gasteiger charge is -2.08. The van der Waals surface area contributed by atoms with E-state index in [1.165, 1.54) is 0 Å². The molecule has 0 amide bonds. The van der Waals surface area contributed by atoms with Crippen molar-refractivity contribution >= 4 is 16.6 Å². The maximum atomic E-state index is 12.0. The van der Waals surface area contributed by atoms with Crippen LogP contribution in [0.3, 0.4) is 0 Å². The fourth-order valence-corrected chi connectivity index (χ4v) is 3.43. The fraction of sp³-hybridized carbons (Fsp3) is 0.533. The quantitative estimate of drug-likeness (QED) is 0.724. The van der Waals surface area contributed by atoms with Crippen LogP contribution >= 0.6 is 0 Å². The van der Waals surface area contributed by atoms with E-state index in [4.69, 9.17) is 9.47 Å². The Bertz CT molecular complexity index is 463. The lowest BCUT2D eigenvalue weighted by atomic mass is 10.1. The molecule has 110 valence electrons. The van der Waals surface area contributed by atoms with Gasteiger partial charge >= 0.3 is 0 Å². The molecule has 2 atom stereocenters. The van der Waals surface area contributed by atoms with Crippen molar-refractivity contribution in [3.63, 3.8) is 0 Å². The first-order valence-corrected chi connectivity index (χ1v) is 8.40. The van der Waals surface area contributed by atoms with Crippen LogP contribution < -0.4 is 4.74 Å². The van der Waals surface area contributed by atoms with E-state index in [2.05, 4.69) is 0 Å². The average molecular weight is 296 g/mol. The molecule has 4 nitrogen and oxygen atoms in total. The van der Waals surface area contributed by atoms with Crippen molar-refractivity contribution < 1.29 is 18.5 Å². The Hall–Kier alpha value is -1.20. The summed E-state index contributed by atoms with van der Waals surface area (Å²) in [4.78, 5) is 12.0. The molecule has 0 radical (unpaired) electrons. The monoisotopic (exact) mass is 296 g/mol. The van der Waals surface area contributed by atoms with Crippen molar-refractivity contribution in [1.82, 2.24) is 0 Å². The van der Waals surface area contributed by atoms with E-state index < -0.39 is 10.8 Å². The van der Waals surface area contributed by atoms with E-state index in [-0.39, 0.29) is 17.6 Å². The lowest BCUT2D eigenvalue weighted by Crippen LogP contribution is -2.21. The van der Waals surface area contributed by atoms with Crippen molar-refractivity contribution in [2.24, 2.45) is 0 Å². The van der Waals surface area contributed by atoms with Crippen LogP contribution in [0.2, 0.25) is 0 Å². The molecule has 0 N–H and O–H groups in total. The van der Waals surface area contributed by atoms with Gasteiger partial charge in [-0.05, 0) is 44.0 Å². The van der Waals surface area contributed by atoms with Crippen LogP contribution in [0, 0.1) is 0 Å². The maximum absolute atomic E-state index is 12.0. The summed E-state index contributed by atoms with van der Waals surface area (Å²) in [6.45, 7) is 3.25. The molecule has 1 saturated heterocycles. The molecule has 1 aromatic carbocycles. The highest BCUT2D eigenvalue weighted by Crippen LogP contribution is 2.15. The second-order valence-corrected chi connectivity index (χ2v) is 6.27. The average Bonchev–Trinajstić information content (AvgIpc) is 2.92. The van der Waals surface area contributed by atoms with Gasteiger partial charge in [0.15, 0.2) is 5.78 Å². The van der Waals surface area contributed by atoms with Crippen LogP contribution in [0.15, 0.2) is 24.3 Å². The van der Waals surface area contributed by atoms with Crippen molar-refractivity contribution in [2.45, 2.75) is 25.9 Å². The Morgan fingerprint density at radius 3 is 2.75 bits per heavy atom. The zero-order chi connectivity index (χ0) is 14.4. The van der Waals surface area contributed by atoms with E-state index in [1.807, 2.05) is 6.92 Å². The molecular weight excluding hydrogens is 276 g/mol. The molecule has 20 heavy (non-hydrogen) atoms. The van der Waals surface area contributed by atoms with Gasteiger partial charge in [0.05, 0.1) is 24.2 Å². The van der Waals surface area contributed by atoms with Crippen molar-refractivity contribution in [3.8, 4) is 5.75 Å². The smallest absolute Gasteiger partial charge is 0.175 e. The third-order valence-electron chi connectivity index (χ3n) is 3.18. The van der Waals surface area contributed by atoms with E-state index >= 15 is 0 Å². The molecule has 2 unspecified atom stereocenters. The summed E-state index contributed by atoms with van der Waals surface area (Å²) in [7, 11) is -1.15. The van der Waals surface area contributed by atoms with E-state index in [9.17, 15) is 9.00 Å². The number of rotatable bonds is 7. The molecule has 1 fully saturated rings. The first-order valence-electron chi connectivity index (χ1n) is 6.91. The van der Waals surface area contributed by atoms with Gasteiger partial charge in [-0.25, -0.2) is 0 Å². The van der Waals surface area contributed by atoms with Crippen LogP contribution in [-0.2, 0) is 15.5 Å². The van der Waals surface area contributed by atoms with E-state index in [0.29, 0.717) is 17.9 Å². The predicted octanol–water partition coefficient (Wildman–Crippen LogP) is 2.20. The number of ether oxygens (including phenoxy) is 2. The molecule has 1 aliphatic rings. The maximum Gasteiger partial charge on any atom is 0.175 e. The molecule has 0 spiro atoms. The van der Waals surface area contributed by atoms with Crippen LogP contribution in [0.4, 0.5) is 0 Å². The standard InChI is InChI=1S/C15H20O4S/c1-2-18-13-7-5-12(6-8-13)15(16)11-20(17)10-14-4-3-9-19-14/h5-8,14H,2-4,9-11H2,1H3. The highest BCUT2D eigenvalue weighted by molar-refractivity contribution is 7.85. The number of benzene rings is 1. The van der Waals surface area contributed by atoms with Crippen molar-refractivity contribution in [3.05, 3.63) is 29.8 Å². The summed E-state index contributed by atoms with van der Waals surface area (Å²) in [6, 6.07) is 6.96. The van der Waals surface area contributed by atoms with Gasteiger partial charge in [0.2, 0.25) is 0 Å². The Kier molecular flexibility index (Phi) is 5.73. The largest absolute Gasteiger partial charge is 0.494 e. The van der Waals surface area contributed by atoms with E-state index in [1.54, 1.807) is 24.3 Å². The van der Waals surface area contributed by atoms with Gasteiger partial charge in [-0.15, -0.1) is 0 Å². The second kappa shape index (κ2) is 7.55. The number of carbonyl (C=O) groups excluding carboxylic acids is 1. The van der Waals surface area contributed by atoms with Crippen LogP contribution in [0.25, 0.3) is 0 Å². The van der Waals surface area contributed by atoms with Gasteiger partial charge in [0.25, 0.3) is 0 Å². The van der Waals surface area contributed by atoms with Gasteiger partial charge in [-0.3, -0.25) is 9.00 Å². The molecule has 5 heteroatoms. The fourth-order valence-electron chi connectivity index (χ4n) is 2.18. The molecule has 1 aromatic rings. The molecule has 0 aromatic heterocycles. The number of carbonyl (C=O) groups is 1. The molecule has 0 bridgehead atoms. The van der Waals surface area contributed by atoms with Gasteiger partial charge in [-0.2, -0.15) is 0 Å². The SMILES string of the molecule is CCOc1ccc(C(=O)CS(=O)CC2CCCO2)cc1. The highest BCUT2D eigenvalue weighted by atomic mass is 32.2. The van der Waals surface area contributed by atoms with Crippen LogP contribution in [0.1, 0.15) is 30.1 Å². The number of ketones is 1. The van der Waals surface area contributed by atoms with Crippen LogP contribution in [-0.4, -0.2) is 40.8 Å².